The van der Waals surface area contributed by atoms with Gasteiger partial charge in [0.2, 0.25) is 0 Å². The van der Waals surface area contributed by atoms with Gasteiger partial charge in [-0.2, -0.15) is 0 Å². The largest absolute Gasteiger partial charge is 0.309 e. The van der Waals surface area contributed by atoms with Gasteiger partial charge in [0.1, 0.15) is 0 Å². The highest BCUT2D eigenvalue weighted by molar-refractivity contribution is 6.13. The molecule has 11 aromatic rings. The van der Waals surface area contributed by atoms with Crippen molar-refractivity contribution in [2.24, 2.45) is 23.7 Å². The topological polar surface area (TPSA) is 35.6 Å². The number of para-hydroxylation sites is 4. The number of benzene rings is 8. The maximum Gasteiger partial charge on any atom is 0.0915 e. The van der Waals surface area contributed by atoms with Crippen LogP contribution in [0.1, 0.15) is 43.2 Å². The Labute approximate surface area is 359 Å². The third-order valence-electron chi connectivity index (χ3n) is 16.1. The van der Waals surface area contributed by atoms with E-state index in [0.29, 0.717) is 0 Å². The molecule has 62 heavy (non-hydrogen) atoms. The van der Waals surface area contributed by atoms with Crippen LogP contribution in [0.25, 0.3) is 99.3 Å². The fraction of sp³-hybridized carbons (Fsp3) is 0.172. The van der Waals surface area contributed by atoms with Crippen molar-refractivity contribution in [1.29, 1.82) is 0 Å². The average Bonchev–Trinajstić information content (AvgIpc) is 3.93. The van der Waals surface area contributed by atoms with E-state index in [1.54, 1.807) is 11.1 Å². The molecule has 4 bridgehead atoms. The summed E-state index contributed by atoms with van der Waals surface area (Å²) in [5, 5.41) is 5.06. The van der Waals surface area contributed by atoms with Crippen molar-refractivity contribution in [3.63, 3.8) is 0 Å². The van der Waals surface area contributed by atoms with Gasteiger partial charge in [0.05, 0.1) is 44.1 Å². The second-order valence-corrected chi connectivity index (χ2v) is 19.0. The zero-order valence-electron chi connectivity index (χ0n) is 34.3. The summed E-state index contributed by atoms with van der Waals surface area (Å²) >= 11 is 0. The number of fused-ring (bicyclic) bond motifs is 11. The molecule has 4 heteroatoms. The molecule has 4 nitrogen and oxygen atoms in total. The van der Waals surface area contributed by atoms with E-state index >= 15 is 0 Å². The van der Waals surface area contributed by atoms with Crippen molar-refractivity contribution >= 4 is 65.7 Å². The second-order valence-electron chi connectivity index (χ2n) is 19.0. The second kappa shape index (κ2) is 12.1. The van der Waals surface area contributed by atoms with Crippen LogP contribution in [0.3, 0.4) is 0 Å². The van der Waals surface area contributed by atoms with E-state index in [4.69, 9.17) is 9.97 Å². The van der Waals surface area contributed by atoms with Crippen LogP contribution in [0.5, 0.6) is 0 Å². The van der Waals surface area contributed by atoms with Crippen molar-refractivity contribution in [3.05, 3.63) is 181 Å². The van der Waals surface area contributed by atoms with Crippen LogP contribution < -0.4 is 0 Å². The Balaban J connectivity index is 0.876. The third-order valence-corrected chi connectivity index (χ3v) is 16.1. The normalized spacial score (nSPS) is 22.3. The van der Waals surface area contributed by atoms with E-state index in [1.165, 1.54) is 104 Å². The van der Waals surface area contributed by atoms with Crippen molar-refractivity contribution in [2.45, 2.75) is 37.5 Å². The summed E-state index contributed by atoms with van der Waals surface area (Å²) in [6, 6.07) is 63.5. The maximum atomic E-state index is 5.01. The molecular formula is C58H42N4. The quantitative estimate of drug-likeness (QED) is 0.167. The highest BCUT2D eigenvalue weighted by Gasteiger charge is 2.61. The summed E-state index contributed by atoms with van der Waals surface area (Å²) in [7, 11) is 0. The zero-order valence-corrected chi connectivity index (χ0v) is 34.3. The SMILES string of the molecule is c1ccc2c(c1)-c1ccc(-n3c4ccccc4c4cc(-c5ccc6c(c5)c5ccccc5n6-c5ccc6nc7ccccc7nc6c5)ccc43)cc1C21C2CC3CC(C2)CC1C3. The molecule has 0 atom stereocenters. The summed E-state index contributed by atoms with van der Waals surface area (Å²) in [6.07, 6.45) is 7.05. The number of aromatic nitrogens is 4. The van der Waals surface area contributed by atoms with Crippen molar-refractivity contribution in [1.82, 2.24) is 19.1 Å². The molecule has 294 valence electrons. The average molecular weight is 795 g/mol. The Kier molecular flexibility index (Phi) is 6.55. The lowest BCUT2D eigenvalue weighted by Gasteiger charge is -2.61. The van der Waals surface area contributed by atoms with Gasteiger partial charge in [-0.3, -0.25) is 0 Å². The highest BCUT2D eigenvalue weighted by Crippen LogP contribution is 2.69. The van der Waals surface area contributed by atoms with E-state index in [2.05, 4.69) is 155 Å². The van der Waals surface area contributed by atoms with E-state index in [-0.39, 0.29) is 5.41 Å². The Hall–Kier alpha value is -7.04. The molecule has 0 N–H and O–H groups in total. The fourth-order valence-electron chi connectivity index (χ4n) is 13.9. The standard InChI is InChI=1S/C58H42N4/c1-4-12-48-42(9-1)43-21-19-40(32-49(43)58(48)38-26-34-25-35(28-38)29-39(58)27-34)61-54-15-7-2-10-44(54)46-30-36(17-23-56(46)61)37-18-24-57-47(31-37)45-11-3-8-16-55(45)62(57)41-20-22-52-53(33-41)60-51-14-6-5-13-50(51)59-52/h1-24,30-35,38-39H,25-29H2. The zero-order chi connectivity index (χ0) is 40.3. The van der Waals surface area contributed by atoms with E-state index in [9.17, 15) is 0 Å². The molecule has 8 aromatic carbocycles. The lowest BCUT2D eigenvalue weighted by molar-refractivity contribution is -0.0399. The fourth-order valence-corrected chi connectivity index (χ4v) is 13.9. The van der Waals surface area contributed by atoms with E-state index in [1.807, 2.05) is 24.3 Å². The number of rotatable bonds is 3. The van der Waals surface area contributed by atoms with Crippen LogP contribution >= 0.6 is 0 Å². The monoisotopic (exact) mass is 794 g/mol. The Morgan fingerprint density at radius 3 is 1.53 bits per heavy atom. The van der Waals surface area contributed by atoms with Crippen LogP contribution in [-0.2, 0) is 5.41 Å². The molecule has 5 aliphatic rings. The van der Waals surface area contributed by atoms with Crippen molar-refractivity contribution < 1.29 is 0 Å². The summed E-state index contributed by atoms with van der Waals surface area (Å²) in [5.41, 5.74) is 19.6. The Morgan fingerprint density at radius 1 is 0.371 bits per heavy atom. The molecule has 0 saturated heterocycles. The molecule has 4 saturated carbocycles. The minimum Gasteiger partial charge on any atom is -0.309 e. The van der Waals surface area contributed by atoms with Gasteiger partial charge in [-0.25, -0.2) is 9.97 Å². The maximum absolute atomic E-state index is 5.01. The first-order valence-corrected chi connectivity index (χ1v) is 22.7. The predicted molar refractivity (Wildman–Crippen MR) is 254 cm³/mol. The van der Waals surface area contributed by atoms with Gasteiger partial charge in [0.15, 0.2) is 0 Å². The molecular weight excluding hydrogens is 753 g/mol. The molecule has 0 unspecified atom stereocenters. The number of hydrogen-bond donors (Lipinski definition) is 0. The molecule has 0 radical (unpaired) electrons. The van der Waals surface area contributed by atoms with Gasteiger partial charge in [0.25, 0.3) is 0 Å². The smallest absolute Gasteiger partial charge is 0.0915 e. The molecule has 3 heterocycles. The van der Waals surface area contributed by atoms with Crippen LogP contribution in [0, 0.1) is 23.7 Å². The first kappa shape index (κ1) is 33.7. The summed E-state index contributed by atoms with van der Waals surface area (Å²) in [6.45, 7) is 0. The van der Waals surface area contributed by atoms with Gasteiger partial charge in [-0.05, 0) is 168 Å². The highest BCUT2D eigenvalue weighted by atomic mass is 15.0. The van der Waals surface area contributed by atoms with Crippen molar-refractivity contribution in [3.8, 4) is 33.6 Å². The molecule has 0 aliphatic heterocycles. The van der Waals surface area contributed by atoms with Crippen LogP contribution in [0.2, 0.25) is 0 Å². The van der Waals surface area contributed by atoms with E-state index in [0.717, 1.165) is 51.4 Å². The van der Waals surface area contributed by atoms with Crippen LogP contribution in [0.4, 0.5) is 0 Å². The molecule has 4 fully saturated rings. The number of nitrogens with zero attached hydrogens (tertiary/aromatic N) is 4. The molecule has 3 aromatic heterocycles. The predicted octanol–water partition coefficient (Wildman–Crippen LogP) is 14.4. The summed E-state index contributed by atoms with van der Waals surface area (Å²) < 4.78 is 4.93. The lowest BCUT2D eigenvalue weighted by Crippen LogP contribution is -2.55. The van der Waals surface area contributed by atoms with E-state index < -0.39 is 0 Å². The summed E-state index contributed by atoms with van der Waals surface area (Å²) in [5.74, 6) is 3.33. The molecule has 5 aliphatic carbocycles. The lowest BCUT2D eigenvalue weighted by atomic mass is 9.43. The van der Waals surface area contributed by atoms with Gasteiger partial charge in [-0.1, -0.05) is 91.0 Å². The van der Waals surface area contributed by atoms with Crippen molar-refractivity contribution in [2.75, 3.05) is 0 Å². The molecule has 0 amide bonds. The number of hydrogen-bond acceptors (Lipinski definition) is 2. The summed E-state index contributed by atoms with van der Waals surface area (Å²) in [4.78, 5) is 9.92. The van der Waals surface area contributed by atoms with Gasteiger partial charge in [0, 0.05) is 38.3 Å². The Bertz CT molecular complexity index is 3710. The minimum absolute atomic E-state index is 0.139. The Morgan fingerprint density at radius 2 is 0.871 bits per heavy atom. The van der Waals surface area contributed by atoms with Crippen LogP contribution in [-0.4, -0.2) is 19.1 Å². The first-order chi connectivity index (χ1) is 30.7. The minimum atomic E-state index is 0.139. The molecule has 1 spiro atoms. The van der Waals surface area contributed by atoms with Gasteiger partial charge >= 0.3 is 0 Å². The van der Waals surface area contributed by atoms with Gasteiger partial charge < -0.3 is 9.13 Å². The van der Waals surface area contributed by atoms with Gasteiger partial charge in [-0.15, -0.1) is 0 Å². The first-order valence-electron chi connectivity index (χ1n) is 22.7. The third kappa shape index (κ3) is 4.37. The molecule has 16 rings (SSSR count). The van der Waals surface area contributed by atoms with Crippen LogP contribution in [0.15, 0.2) is 170 Å².